The first kappa shape index (κ1) is 12.8. The number of hydrogen-bond acceptors (Lipinski definition) is 4. The van der Waals surface area contributed by atoms with Gasteiger partial charge in [-0.1, -0.05) is 0 Å². The highest BCUT2D eigenvalue weighted by Gasteiger charge is 2.12. The minimum absolute atomic E-state index is 0.217. The molecular formula is C8H6Br2O4S. The van der Waals surface area contributed by atoms with Crippen LogP contribution in [0.3, 0.4) is 0 Å². The average molecular weight is 358 g/mol. The number of ether oxygens (including phenoxy) is 1. The van der Waals surface area contributed by atoms with Gasteiger partial charge in [0, 0.05) is 4.47 Å². The maximum absolute atomic E-state index is 11.4. The lowest BCUT2D eigenvalue weighted by atomic mass is 10.3. The van der Waals surface area contributed by atoms with Crippen LogP contribution in [0, 0.1) is 0 Å². The fraction of sp³-hybridized carbons (Fsp3) is 0.250. The number of aliphatic carboxylic acids is 1. The van der Waals surface area contributed by atoms with Crippen LogP contribution in [0.4, 0.5) is 0 Å². The van der Waals surface area contributed by atoms with E-state index in [1.54, 1.807) is 6.07 Å². The van der Waals surface area contributed by atoms with Gasteiger partial charge in [0.1, 0.15) is 13.2 Å². The SMILES string of the molecule is O=C(O)COCC(=O)c1cc(Br)c(Br)s1. The topological polar surface area (TPSA) is 63.6 Å². The summed E-state index contributed by atoms with van der Waals surface area (Å²) in [6, 6.07) is 1.67. The standard InChI is InChI=1S/C8H6Br2O4S/c9-4-1-6(15-8(4)10)5(11)2-14-3-7(12)13/h1H,2-3H2,(H,12,13). The second kappa shape index (κ2) is 5.74. The zero-order valence-electron chi connectivity index (χ0n) is 7.33. The van der Waals surface area contributed by atoms with Crippen molar-refractivity contribution < 1.29 is 19.4 Å². The number of Topliss-reactive ketones (excluding diaryl/α,β-unsaturated/α-hetero) is 1. The van der Waals surface area contributed by atoms with Gasteiger partial charge in [-0.05, 0) is 37.9 Å². The van der Waals surface area contributed by atoms with Gasteiger partial charge < -0.3 is 9.84 Å². The predicted molar refractivity (Wildman–Crippen MR) is 62.5 cm³/mol. The van der Waals surface area contributed by atoms with Crippen LogP contribution in [0.5, 0.6) is 0 Å². The number of halogens is 2. The zero-order chi connectivity index (χ0) is 11.4. The molecule has 4 nitrogen and oxygen atoms in total. The summed E-state index contributed by atoms with van der Waals surface area (Å²) in [5.41, 5.74) is 0. The summed E-state index contributed by atoms with van der Waals surface area (Å²) in [4.78, 5) is 22.1. The van der Waals surface area contributed by atoms with E-state index in [0.717, 1.165) is 8.26 Å². The third-order valence-corrected chi connectivity index (χ3v) is 4.68. The van der Waals surface area contributed by atoms with Gasteiger partial charge in [0.2, 0.25) is 0 Å². The van der Waals surface area contributed by atoms with E-state index in [0.29, 0.717) is 4.88 Å². The molecule has 0 saturated heterocycles. The summed E-state index contributed by atoms with van der Waals surface area (Å²) in [6.45, 7) is -0.675. The lowest BCUT2D eigenvalue weighted by Crippen LogP contribution is -2.13. The Labute approximate surface area is 106 Å². The maximum atomic E-state index is 11.4. The normalized spacial score (nSPS) is 10.3. The Balaban J connectivity index is 2.50. The van der Waals surface area contributed by atoms with Gasteiger partial charge in [0.25, 0.3) is 0 Å². The van der Waals surface area contributed by atoms with Crippen LogP contribution in [0.2, 0.25) is 0 Å². The number of thiophene rings is 1. The summed E-state index contributed by atoms with van der Waals surface area (Å²) in [5.74, 6) is -1.32. The van der Waals surface area contributed by atoms with Crippen LogP contribution in [-0.4, -0.2) is 30.1 Å². The number of carbonyl (C=O) groups excluding carboxylic acids is 1. The van der Waals surface area contributed by atoms with Crippen molar-refractivity contribution in [1.29, 1.82) is 0 Å². The monoisotopic (exact) mass is 356 g/mol. The molecule has 7 heteroatoms. The van der Waals surface area contributed by atoms with Crippen molar-refractivity contribution in [2.75, 3.05) is 13.2 Å². The van der Waals surface area contributed by atoms with Gasteiger partial charge in [0.15, 0.2) is 5.78 Å². The van der Waals surface area contributed by atoms with Crippen molar-refractivity contribution in [3.63, 3.8) is 0 Å². The molecule has 1 heterocycles. The van der Waals surface area contributed by atoms with E-state index < -0.39 is 12.6 Å². The van der Waals surface area contributed by atoms with Crippen LogP contribution >= 0.6 is 43.2 Å². The zero-order valence-corrected chi connectivity index (χ0v) is 11.3. The minimum Gasteiger partial charge on any atom is -0.480 e. The predicted octanol–water partition coefficient (Wildman–Crippen LogP) is 2.56. The number of hydrogen-bond donors (Lipinski definition) is 1. The smallest absolute Gasteiger partial charge is 0.329 e. The Morgan fingerprint density at radius 2 is 2.07 bits per heavy atom. The number of carboxylic acid groups (broad SMARTS) is 1. The van der Waals surface area contributed by atoms with Crippen LogP contribution in [-0.2, 0) is 9.53 Å². The van der Waals surface area contributed by atoms with Crippen molar-refractivity contribution in [1.82, 2.24) is 0 Å². The van der Waals surface area contributed by atoms with E-state index in [9.17, 15) is 9.59 Å². The first-order chi connectivity index (χ1) is 7.00. The quantitative estimate of drug-likeness (QED) is 0.822. The van der Waals surface area contributed by atoms with Crippen molar-refractivity contribution in [3.05, 3.63) is 19.2 Å². The molecule has 15 heavy (non-hydrogen) atoms. The molecule has 1 rings (SSSR count). The Morgan fingerprint density at radius 3 is 2.53 bits per heavy atom. The molecule has 0 bridgehead atoms. The van der Waals surface area contributed by atoms with Crippen LogP contribution in [0.1, 0.15) is 9.67 Å². The summed E-state index contributed by atoms with van der Waals surface area (Å²) < 4.78 is 6.31. The molecule has 0 atom stereocenters. The van der Waals surface area contributed by atoms with E-state index in [2.05, 4.69) is 36.6 Å². The highest BCUT2D eigenvalue weighted by Crippen LogP contribution is 2.32. The van der Waals surface area contributed by atoms with E-state index in [1.165, 1.54) is 11.3 Å². The van der Waals surface area contributed by atoms with Gasteiger partial charge in [-0.25, -0.2) is 4.79 Å². The molecule has 0 aromatic carbocycles. The molecule has 0 aliphatic rings. The second-order valence-corrected chi connectivity index (χ2v) is 5.77. The molecule has 0 amide bonds. The van der Waals surface area contributed by atoms with Crippen molar-refractivity contribution >= 4 is 54.9 Å². The van der Waals surface area contributed by atoms with Crippen LogP contribution in [0.25, 0.3) is 0 Å². The first-order valence-corrected chi connectivity index (χ1v) is 6.18. The highest BCUT2D eigenvalue weighted by molar-refractivity contribution is 9.13. The van der Waals surface area contributed by atoms with Gasteiger partial charge in [0.05, 0.1) is 8.66 Å². The number of carboxylic acids is 1. The first-order valence-electron chi connectivity index (χ1n) is 3.78. The van der Waals surface area contributed by atoms with Gasteiger partial charge >= 0.3 is 5.97 Å². The molecule has 0 radical (unpaired) electrons. The minimum atomic E-state index is -1.09. The molecule has 0 aliphatic carbocycles. The number of ketones is 1. The molecule has 1 aromatic heterocycles. The Morgan fingerprint density at radius 1 is 1.40 bits per heavy atom. The summed E-state index contributed by atoms with van der Waals surface area (Å²) in [7, 11) is 0. The fourth-order valence-corrected chi connectivity index (χ4v) is 2.75. The molecule has 0 spiro atoms. The van der Waals surface area contributed by atoms with E-state index >= 15 is 0 Å². The highest BCUT2D eigenvalue weighted by atomic mass is 79.9. The van der Waals surface area contributed by atoms with Crippen LogP contribution in [0.15, 0.2) is 14.3 Å². The lowest BCUT2D eigenvalue weighted by molar-refractivity contribution is -0.141. The third kappa shape index (κ3) is 4.02. The molecule has 1 aromatic rings. The Bertz CT molecular complexity index is 368. The van der Waals surface area contributed by atoms with E-state index in [1.807, 2.05) is 0 Å². The fourth-order valence-electron chi connectivity index (χ4n) is 0.786. The molecule has 0 saturated carbocycles. The number of rotatable bonds is 5. The molecule has 0 fully saturated rings. The summed E-state index contributed by atoms with van der Waals surface area (Å²) >= 11 is 7.79. The molecule has 82 valence electrons. The van der Waals surface area contributed by atoms with E-state index in [-0.39, 0.29) is 12.4 Å². The number of carbonyl (C=O) groups is 2. The van der Waals surface area contributed by atoms with Crippen LogP contribution < -0.4 is 0 Å². The Hall–Kier alpha value is -0.240. The van der Waals surface area contributed by atoms with Gasteiger partial charge in [-0.15, -0.1) is 11.3 Å². The van der Waals surface area contributed by atoms with Gasteiger partial charge in [-0.3, -0.25) is 4.79 Å². The summed E-state index contributed by atoms with van der Waals surface area (Å²) in [5, 5.41) is 8.30. The second-order valence-electron chi connectivity index (χ2n) is 2.54. The van der Waals surface area contributed by atoms with E-state index in [4.69, 9.17) is 5.11 Å². The Kier molecular flexibility index (Phi) is 4.91. The van der Waals surface area contributed by atoms with Gasteiger partial charge in [-0.2, -0.15) is 0 Å². The molecule has 1 N–H and O–H groups in total. The van der Waals surface area contributed by atoms with Crippen molar-refractivity contribution in [2.45, 2.75) is 0 Å². The lowest BCUT2D eigenvalue weighted by Gasteiger charge is -1.97. The molecule has 0 aliphatic heterocycles. The maximum Gasteiger partial charge on any atom is 0.329 e. The van der Waals surface area contributed by atoms with Crippen molar-refractivity contribution in [2.24, 2.45) is 0 Å². The summed E-state index contributed by atoms with van der Waals surface area (Å²) in [6.07, 6.45) is 0. The largest absolute Gasteiger partial charge is 0.480 e. The van der Waals surface area contributed by atoms with Crippen molar-refractivity contribution in [3.8, 4) is 0 Å². The average Bonchev–Trinajstić information content (AvgIpc) is 2.46. The molecule has 0 unspecified atom stereocenters. The molecular weight excluding hydrogens is 352 g/mol. The third-order valence-electron chi connectivity index (χ3n) is 1.38.